The van der Waals surface area contributed by atoms with Gasteiger partial charge in [-0.05, 0) is 93.0 Å². The van der Waals surface area contributed by atoms with E-state index in [1.807, 2.05) is 24.3 Å². The SMILES string of the molecule is CCCCCCC(CCCCCC)n1c(=O)c2ccc3c4ccc5c(=O)n(C(CCCCCC)CCCCCC)c(=O)c6cc7ccc8cc(c1=O)c2c3c8c7c4c56. The first kappa shape index (κ1) is 40.2. The van der Waals surface area contributed by atoms with Crippen molar-refractivity contribution in [2.75, 3.05) is 0 Å². The average molecular weight is 779 g/mol. The molecule has 6 heteroatoms. The van der Waals surface area contributed by atoms with Crippen LogP contribution in [-0.4, -0.2) is 9.13 Å². The normalized spacial score (nSPS) is 12.7. The van der Waals surface area contributed by atoms with E-state index in [1.54, 1.807) is 9.13 Å². The van der Waals surface area contributed by atoms with Crippen LogP contribution >= 0.6 is 0 Å². The average Bonchev–Trinajstić information content (AvgIpc) is 3.23. The molecule has 2 aromatic heterocycles. The van der Waals surface area contributed by atoms with Crippen molar-refractivity contribution in [1.29, 1.82) is 0 Å². The van der Waals surface area contributed by atoms with Gasteiger partial charge in [0.15, 0.2) is 0 Å². The van der Waals surface area contributed by atoms with Gasteiger partial charge in [-0.15, -0.1) is 0 Å². The van der Waals surface area contributed by atoms with Crippen LogP contribution in [0, 0.1) is 0 Å². The summed E-state index contributed by atoms with van der Waals surface area (Å²) in [5, 5.41) is 11.5. The van der Waals surface area contributed by atoms with Gasteiger partial charge < -0.3 is 0 Å². The number of hydrogen-bond acceptors (Lipinski definition) is 4. The minimum absolute atomic E-state index is 0.124. The maximum absolute atomic E-state index is 14.8. The Morgan fingerprint density at radius 2 is 0.655 bits per heavy atom. The van der Waals surface area contributed by atoms with Crippen LogP contribution < -0.4 is 22.2 Å². The standard InChI is InChI=1S/C52H62N2O4/c1-5-9-13-17-21-35(22-18-14-10-6-2)53-49(55)39-29-27-37-38-28-30-40-46-42(52(58)54(50(40)56)36(23-19-15-11-7-3)24-20-16-12-8-4)32-34-26-25-33-31-41(51(53)57)45(39)47(37)43(33)44(34)48(38)46/h25-32,35-36H,5-24H2,1-4H3. The van der Waals surface area contributed by atoms with Crippen molar-refractivity contribution in [2.45, 2.75) is 168 Å². The smallest absolute Gasteiger partial charge is 0.261 e. The van der Waals surface area contributed by atoms with Gasteiger partial charge in [0, 0.05) is 44.4 Å². The Labute approximate surface area is 341 Å². The molecule has 6 aromatic carbocycles. The van der Waals surface area contributed by atoms with Gasteiger partial charge in [0.05, 0.1) is 0 Å². The van der Waals surface area contributed by atoms with Crippen LogP contribution in [0.1, 0.15) is 168 Å². The van der Waals surface area contributed by atoms with Crippen LogP contribution in [0.3, 0.4) is 0 Å². The first-order chi connectivity index (χ1) is 28.4. The molecule has 0 unspecified atom stereocenters. The summed E-state index contributed by atoms with van der Waals surface area (Å²) >= 11 is 0. The first-order valence-electron chi connectivity index (χ1n) is 23.1. The number of benzene rings is 6. The van der Waals surface area contributed by atoms with Crippen LogP contribution in [0.5, 0.6) is 0 Å². The lowest BCUT2D eigenvalue weighted by Crippen LogP contribution is -2.37. The number of pyridine rings is 2. The molecule has 0 N–H and O–H groups in total. The minimum Gasteiger partial charge on any atom is -0.271 e. The van der Waals surface area contributed by atoms with Gasteiger partial charge in [-0.3, -0.25) is 28.3 Å². The largest absolute Gasteiger partial charge is 0.271 e. The van der Waals surface area contributed by atoms with Crippen molar-refractivity contribution >= 4 is 75.4 Å². The quantitative estimate of drug-likeness (QED) is 0.0390. The Morgan fingerprint density at radius 3 is 0.983 bits per heavy atom. The lowest BCUT2D eigenvalue weighted by molar-refractivity contribution is 0.384. The minimum atomic E-state index is -0.183. The second-order valence-corrected chi connectivity index (χ2v) is 17.6. The van der Waals surface area contributed by atoms with Crippen molar-refractivity contribution in [1.82, 2.24) is 9.13 Å². The van der Waals surface area contributed by atoms with E-state index < -0.39 is 0 Å². The van der Waals surface area contributed by atoms with E-state index in [1.165, 1.54) is 0 Å². The predicted octanol–water partition coefficient (Wildman–Crippen LogP) is 13.5. The van der Waals surface area contributed by atoms with Crippen LogP contribution in [0.25, 0.3) is 75.4 Å². The van der Waals surface area contributed by atoms with Crippen molar-refractivity contribution in [3.63, 3.8) is 0 Å². The Hall–Kier alpha value is -4.58. The van der Waals surface area contributed by atoms with Gasteiger partial charge in [-0.1, -0.05) is 155 Å². The van der Waals surface area contributed by atoms with Crippen LogP contribution in [-0.2, 0) is 0 Å². The zero-order chi connectivity index (χ0) is 40.5. The molecule has 6 nitrogen and oxygen atoms in total. The maximum Gasteiger partial charge on any atom is 0.261 e. The van der Waals surface area contributed by atoms with E-state index in [0.29, 0.717) is 21.5 Å². The topological polar surface area (TPSA) is 78.1 Å². The third kappa shape index (κ3) is 6.82. The number of rotatable bonds is 22. The van der Waals surface area contributed by atoms with Gasteiger partial charge in [-0.2, -0.15) is 0 Å². The predicted molar refractivity (Wildman–Crippen MR) is 248 cm³/mol. The summed E-state index contributed by atoms with van der Waals surface area (Å²) in [6, 6.07) is 15.9. The van der Waals surface area contributed by atoms with Crippen LogP contribution in [0.4, 0.5) is 0 Å². The molecule has 0 saturated carbocycles. The number of hydrogen-bond donors (Lipinski definition) is 0. The van der Waals surface area contributed by atoms with Crippen LogP contribution in [0.2, 0.25) is 0 Å². The van der Waals surface area contributed by atoms with Gasteiger partial charge in [-0.25, -0.2) is 0 Å². The fourth-order valence-corrected chi connectivity index (χ4v) is 10.7. The first-order valence-corrected chi connectivity index (χ1v) is 23.1. The van der Waals surface area contributed by atoms with E-state index in [0.717, 1.165) is 182 Å². The molecule has 8 rings (SSSR count). The molecule has 0 radical (unpaired) electrons. The molecule has 8 aromatic rings. The molecule has 0 atom stereocenters. The maximum atomic E-state index is 14.8. The Kier molecular flexibility index (Phi) is 12.0. The molecule has 0 aliphatic carbocycles. The number of nitrogens with zero attached hydrogens (tertiary/aromatic N) is 2. The lowest BCUT2D eigenvalue weighted by atomic mass is 9.82. The Balaban J connectivity index is 1.35. The molecule has 0 spiro atoms. The molecular formula is C52H62N2O4. The van der Waals surface area contributed by atoms with Crippen molar-refractivity contribution < 1.29 is 0 Å². The van der Waals surface area contributed by atoms with Crippen molar-refractivity contribution in [3.8, 4) is 0 Å². The number of unbranched alkanes of at least 4 members (excludes halogenated alkanes) is 12. The summed E-state index contributed by atoms with van der Waals surface area (Å²) in [4.78, 5) is 58.9. The summed E-state index contributed by atoms with van der Waals surface area (Å²) in [7, 11) is 0. The molecule has 0 fully saturated rings. The molecule has 58 heavy (non-hydrogen) atoms. The summed E-state index contributed by atoms with van der Waals surface area (Å²) in [5.74, 6) is 0. The third-order valence-corrected chi connectivity index (χ3v) is 13.7. The number of aromatic nitrogens is 2. The van der Waals surface area contributed by atoms with E-state index in [2.05, 4.69) is 52.0 Å². The van der Waals surface area contributed by atoms with Crippen molar-refractivity contribution in [3.05, 3.63) is 89.9 Å². The molecule has 0 aliphatic heterocycles. The second-order valence-electron chi connectivity index (χ2n) is 17.6. The van der Waals surface area contributed by atoms with E-state index in [-0.39, 0.29) is 34.3 Å². The second kappa shape index (κ2) is 17.3. The van der Waals surface area contributed by atoms with Gasteiger partial charge in [0.2, 0.25) is 0 Å². The highest BCUT2D eigenvalue weighted by Gasteiger charge is 2.28. The van der Waals surface area contributed by atoms with E-state index in [9.17, 15) is 19.2 Å². The van der Waals surface area contributed by atoms with E-state index >= 15 is 0 Å². The van der Waals surface area contributed by atoms with E-state index in [4.69, 9.17) is 0 Å². The zero-order valence-corrected chi connectivity index (χ0v) is 35.4. The molecule has 2 heterocycles. The van der Waals surface area contributed by atoms with Gasteiger partial charge >= 0.3 is 0 Å². The third-order valence-electron chi connectivity index (χ3n) is 13.7. The Morgan fingerprint density at radius 1 is 0.345 bits per heavy atom. The monoisotopic (exact) mass is 778 g/mol. The molecular weight excluding hydrogens is 717 g/mol. The highest BCUT2D eigenvalue weighted by molar-refractivity contribution is 6.45. The lowest BCUT2D eigenvalue weighted by Gasteiger charge is -2.24. The molecule has 0 amide bonds. The molecule has 0 aliphatic rings. The van der Waals surface area contributed by atoms with Gasteiger partial charge in [0.25, 0.3) is 22.2 Å². The summed E-state index contributed by atoms with van der Waals surface area (Å²) in [6.45, 7) is 8.83. The summed E-state index contributed by atoms with van der Waals surface area (Å²) < 4.78 is 3.24. The number of fused-ring (bicyclic) bond motifs is 1. The summed E-state index contributed by atoms with van der Waals surface area (Å²) in [6.07, 6.45) is 21.0. The molecule has 0 saturated heterocycles. The van der Waals surface area contributed by atoms with Crippen molar-refractivity contribution in [2.24, 2.45) is 0 Å². The van der Waals surface area contributed by atoms with Crippen LogP contribution in [0.15, 0.2) is 67.7 Å². The molecule has 0 bridgehead atoms. The fraction of sp³-hybridized carbons (Fsp3) is 0.500. The zero-order valence-electron chi connectivity index (χ0n) is 35.4. The van der Waals surface area contributed by atoms with Gasteiger partial charge in [0.1, 0.15) is 0 Å². The highest BCUT2D eigenvalue weighted by Crippen LogP contribution is 2.48. The summed E-state index contributed by atoms with van der Waals surface area (Å²) in [5.41, 5.74) is -0.728. The Bertz CT molecular complexity index is 2680. The molecule has 304 valence electrons. The fourth-order valence-electron chi connectivity index (χ4n) is 10.7. The highest BCUT2D eigenvalue weighted by atomic mass is 16.2.